The largest absolute Gasteiger partial charge is 0.310 e. The summed E-state index contributed by atoms with van der Waals surface area (Å²) in [5.41, 5.74) is 12.9. The molecule has 0 N–H and O–H groups in total. The van der Waals surface area contributed by atoms with Gasteiger partial charge in [0.1, 0.15) is 0 Å². The smallest absolute Gasteiger partial charge is 0.0540 e. The van der Waals surface area contributed by atoms with Crippen LogP contribution in [0.25, 0.3) is 87.6 Å². The molecule has 1 heteroatoms. The van der Waals surface area contributed by atoms with Gasteiger partial charge in [-0.25, -0.2) is 0 Å². The molecule has 11 rings (SSSR count). The second-order valence-electron chi connectivity index (χ2n) is 15.3. The number of para-hydroxylation sites is 1. The van der Waals surface area contributed by atoms with Crippen molar-refractivity contribution in [3.05, 3.63) is 237 Å². The maximum absolute atomic E-state index is 2.41. The Bertz CT molecular complexity index is 3310. The molecular formula is C58H39N. The van der Waals surface area contributed by atoms with Crippen LogP contribution in [0.4, 0.5) is 17.1 Å². The van der Waals surface area contributed by atoms with E-state index >= 15 is 0 Å². The Balaban J connectivity index is 1.04. The summed E-state index contributed by atoms with van der Waals surface area (Å²) in [5.74, 6) is 0. The topological polar surface area (TPSA) is 3.24 Å². The van der Waals surface area contributed by atoms with E-state index in [1.54, 1.807) is 0 Å². The first kappa shape index (κ1) is 34.5. The summed E-state index contributed by atoms with van der Waals surface area (Å²) >= 11 is 0. The first-order chi connectivity index (χ1) is 29.2. The third-order valence-corrected chi connectivity index (χ3v) is 11.9. The minimum absolute atomic E-state index is 1.09. The van der Waals surface area contributed by atoms with Gasteiger partial charge in [0.15, 0.2) is 0 Å². The Labute approximate surface area is 344 Å². The molecule has 0 aromatic heterocycles. The Hall–Kier alpha value is -7.74. The Morgan fingerprint density at radius 3 is 1.20 bits per heavy atom. The van der Waals surface area contributed by atoms with E-state index in [2.05, 4.69) is 241 Å². The molecule has 0 atom stereocenters. The molecule has 0 unspecified atom stereocenters. The minimum atomic E-state index is 1.09. The zero-order chi connectivity index (χ0) is 39.1. The van der Waals surface area contributed by atoms with E-state index in [0.29, 0.717) is 0 Å². The third-order valence-electron chi connectivity index (χ3n) is 11.9. The van der Waals surface area contributed by atoms with Gasteiger partial charge in [-0.3, -0.25) is 0 Å². The normalized spacial score (nSPS) is 11.4. The molecule has 0 heterocycles. The van der Waals surface area contributed by atoms with Crippen molar-refractivity contribution in [2.45, 2.75) is 0 Å². The number of anilines is 3. The first-order valence-electron chi connectivity index (χ1n) is 20.3. The standard InChI is InChI=1S/C58H39N/c1-2-12-41(13-3-1)51-16-8-9-17-52(51)44-32-36-50(37-33-44)59(49-34-30-40(31-35-49)47-28-26-45-24-22-42-14-4-6-18-53(42)56(45)38-47)58-21-11-10-20-55(58)48-29-27-46-25-23-43-15-5-7-19-54(43)57(46)39-48/h1-39H. The summed E-state index contributed by atoms with van der Waals surface area (Å²) in [6, 6.07) is 86.3. The Morgan fingerprint density at radius 1 is 0.220 bits per heavy atom. The molecule has 0 aliphatic heterocycles. The molecule has 0 radical (unpaired) electrons. The van der Waals surface area contributed by atoms with Gasteiger partial charge in [-0.15, -0.1) is 0 Å². The third kappa shape index (κ3) is 6.30. The zero-order valence-corrected chi connectivity index (χ0v) is 32.5. The van der Waals surface area contributed by atoms with Gasteiger partial charge in [-0.2, -0.15) is 0 Å². The summed E-state index contributed by atoms with van der Waals surface area (Å²) < 4.78 is 0. The molecule has 0 aliphatic rings. The quantitative estimate of drug-likeness (QED) is 0.147. The molecular weight excluding hydrogens is 711 g/mol. The van der Waals surface area contributed by atoms with Crippen LogP contribution in [0.3, 0.4) is 0 Å². The van der Waals surface area contributed by atoms with E-state index in [9.17, 15) is 0 Å². The number of hydrogen-bond donors (Lipinski definition) is 0. The van der Waals surface area contributed by atoms with Crippen molar-refractivity contribution in [2.75, 3.05) is 4.90 Å². The lowest BCUT2D eigenvalue weighted by molar-refractivity contribution is 1.28. The molecule has 0 bridgehead atoms. The molecule has 1 nitrogen and oxygen atoms in total. The first-order valence-corrected chi connectivity index (χ1v) is 20.3. The van der Waals surface area contributed by atoms with Gasteiger partial charge in [0.05, 0.1) is 5.69 Å². The molecule has 276 valence electrons. The fourth-order valence-corrected chi connectivity index (χ4v) is 8.89. The number of fused-ring (bicyclic) bond motifs is 6. The van der Waals surface area contributed by atoms with Crippen molar-refractivity contribution in [3.63, 3.8) is 0 Å². The van der Waals surface area contributed by atoms with Crippen LogP contribution in [0, 0.1) is 0 Å². The van der Waals surface area contributed by atoms with Crippen LogP contribution < -0.4 is 4.90 Å². The lowest BCUT2D eigenvalue weighted by Crippen LogP contribution is -2.11. The van der Waals surface area contributed by atoms with Gasteiger partial charge in [0.2, 0.25) is 0 Å². The van der Waals surface area contributed by atoms with E-state index in [4.69, 9.17) is 0 Å². The van der Waals surface area contributed by atoms with Crippen LogP contribution in [-0.4, -0.2) is 0 Å². The fraction of sp³-hybridized carbons (Fsp3) is 0. The monoisotopic (exact) mass is 749 g/mol. The molecule has 0 aliphatic carbocycles. The lowest BCUT2D eigenvalue weighted by atomic mass is 9.94. The molecule has 0 amide bonds. The van der Waals surface area contributed by atoms with Crippen LogP contribution in [0.1, 0.15) is 0 Å². The molecule has 11 aromatic rings. The van der Waals surface area contributed by atoms with Gasteiger partial charge in [-0.05, 0) is 124 Å². The summed E-state index contributed by atoms with van der Waals surface area (Å²) in [5, 5.41) is 10.1. The second kappa shape index (κ2) is 14.6. The van der Waals surface area contributed by atoms with Crippen molar-refractivity contribution in [3.8, 4) is 44.5 Å². The Morgan fingerprint density at radius 2 is 0.610 bits per heavy atom. The van der Waals surface area contributed by atoms with Gasteiger partial charge in [-0.1, -0.05) is 194 Å². The number of benzene rings is 11. The molecule has 0 saturated heterocycles. The number of nitrogens with zero attached hydrogens (tertiary/aromatic N) is 1. The highest BCUT2D eigenvalue weighted by Gasteiger charge is 2.19. The van der Waals surface area contributed by atoms with Crippen molar-refractivity contribution in [1.29, 1.82) is 0 Å². The fourth-order valence-electron chi connectivity index (χ4n) is 8.89. The van der Waals surface area contributed by atoms with Crippen LogP contribution >= 0.6 is 0 Å². The minimum Gasteiger partial charge on any atom is -0.310 e. The lowest BCUT2D eigenvalue weighted by Gasteiger charge is -2.28. The molecule has 0 fully saturated rings. The summed E-state index contributed by atoms with van der Waals surface area (Å²) in [4.78, 5) is 2.41. The van der Waals surface area contributed by atoms with Crippen molar-refractivity contribution < 1.29 is 0 Å². The second-order valence-corrected chi connectivity index (χ2v) is 15.3. The maximum atomic E-state index is 2.41. The van der Waals surface area contributed by atoms with Gasteiger partial charge < -0.3 is 4.90 Å². The summed E-state index contributed by atoms with van der Waals surface area (Å²) in [6.45, 7) is 0. The van der Waals surface area contributed by atoms with Gasteiger partial charge >= 0.3 is 0 Å². The average Bonchev–Trinajstić information content (AvgIpc) is 3.32. The van der Waals surface area contributed by atoms with E-state index in [-0.39, 0.29) is 0 Å². The molecule has 59 heavy (non-hydrogen) atoms. The molecule has 0 spiro atoms. The Kier molecular flexibility index (Phi) is 8.56. The summed E-state index contributed by atoms with van der Waals surface area (Å²) in [7, 11) is 0. The van der Waals surface area contributed by atoms with Crippen molar-refractivity contribution in [2.24, 2.45) is 0 Å². The van der Waals surface area contributed by atoms with Crippen LogP contribution in [-0.2, 0) is 0 Å². The number of hydrogen-bond acceptors (Lipinski definition) is 1. The van der Waals surface area contributed by atoms with E-state index in [1.165, 1.54) is 87.6 Å². The van der Waals surface area contributed by atoms with E-state index < -0.39 is 0 Å². The predicted octanol–water partition coefficient (Wildman–Crippen LogP) is 16.4. The maximum Gasteiger partial charge on any atom is 0.0540 e. The average molecular weight is 750 g/mol. The van der Waals surface area contributed by atoms with Crippen LogP contribution in [0.15, 0.2) is 237 Å². The van der Waals surface area contributed by atoms with E-state index in [1.807, 2.05) is 0 Å². The van der Waals surface area contributed by atoms with Crippen LogP contribution in [0.5, 0.6) is 0 Å². The van der Waals surface area contributed by atoms with Gasteiger partial charge in [0, 0.05) is 16.9 Å². The number of rotatable bonds is 7. The highest BCUT2D eigenvalue weighted by atomic mass is 15.1. The van der Waals surface area contributed by atoms with Gasteiger partial charge in [0.25, 0.3) is 0 Å². The highest BCUT2D eigenvalue weighted by Crippen LogP contribution is 2.43. The molecule has 11 aromatic carbocycles. The molecule has 0 saturated carbocycles. The van der Waals surface area contributed by atoms with Crippen molar-refractivity contribution >= 4 is 60.2 Å². The van der Waals surface area contributed by atoms with Crippen molar-refractivity contribution in [1.82, 2.24) is 0 Å². The zero-order valence-electron chi connectivity index (χ0n) is 32.5. The predicted molar refractivity (Wildman–Crippen MR) is 253 cm³/mol. The van der Waals surface area contributed by atoms with E-state index in [0.717, 1.165) is 17.1 Å². The summed E-state index contributed by atoms with van der Waals surface area (Å²) in [6.07, 6.45) is 0. The SMILES string of the molecule is c1ccc(-c2ccccc2-c2ccc(N(c3ccc(-c4ccc5ccc6ccccc6c5c4)cc3)c3ccccc3-c3ccc4ccc5ccccc5c4c3)cc2)cc1. The van der Waals surface area contributed by atoms with Crippen LogP contribution in [0.2, 0.25) is 0 Å². The highest BCUT2D eigenvalue weighted by molar-refractivity contribution is 6.10.